The quantitative estimate of drug-likeness (QED) is 0.786. The molecule has 0 bridgehead atoms. The summed E-state index contributed by atoms with van der Waals surface area (Å²) >= 11 is 1.82. The van der Waals surface area contributed by atoms with Crippen molar-refractivity contribution in [1.82, 2.24) is 4.90 Å². The molecule has 0 saturated heterocycles. The van der Waals surface area contributed by atoms with E-state index in [4.69, 9.17) is 5.73 Å². The smallest absolute Gasteiger partial charge is 0.255 e. The fourth-order valence-electron chi connectivity index (χ4n) is 1.76. The predicted octanol–water partition coefficient (Wildman–Crippen LogP) is 2.38. The predicted molar refractivity (Wildman–Crippen MR) is 84.9 cm³/mol. The van der Waals surface area contributed by atoms with Crippen LogP contribution in [0.15, 0.2) is 18.2 Å². The number of hydrogen-bond acceptors (Lipinski definition) is 4. The first-order valence-corrected chi connectivity index (χ1v) is 7.69. The van der Waals surface area contributed by atoms with Gasteiger partial charge in [-0.15, -0.1) is 0 Å². The lowest BCUT2D eigenvalue weighted by Crippen LogP contribution is -2.24. The van der Waals surface area contributed by atoms with Gasteiger partial charge in [0.25, 0.3) is 5.91 Å². The second kappa shape index (κ2) is 7.28. The van der Waals surface area contributed by atoms with E-state index in [-0.39, 0.29) is 5.91 Å². The van der Waals surface area contributed by atoms with Crippen molar-refractivity contribution in [2.75, 3.05) is 43.7 Å². The largest absolute Gasteiger partial charge is 0.399 e. The number of amides is 1. The summed E-state index contributed by atoms with van der Waals surface area (Å²) in [6.45, 7) is 3.02. The molecule has 1 aromatic rings. The number of nitrogens with zero attached hydrogens (tertiary/aromatic N) is 1. The van der Waals surface area contributed by atoms with Gasteiger partial charge < -0.3 is 16.0 Å². The molecule has 19 heavy (non-hydrogen) atoms. The summed E-state index contributed by atoms with van der Waals surface area (Å²) in [6, 6.07) is 5.36. The number of rotatable bonds is 6. The summed E-state index contributed by atoms with van der Waals surface area (Å²) in [6.07, 6.45) is 2.10. The van der Waals surface area contributed by atoms with Gasteiger partial charge in [-0.2, -0.15) is 11.8 Å². The number of thioether (sulfide) groups is 1. The number of carbonyl (C=O) groups excluding carboxylic acids is 1. The minimum absolute atomic E-state index is 0.0139. The van der Waals surface area contributed by atoms with Crippen molar-refractivity contribution in [3.8, 4) is 0 Å². The van der Waals surface area contributed by atoms with Gasteiger partial charge in [-0.3, -0.25) is 4.79 Å². The first-order valence-electron chi connectivity index (χ1n) is 6.29. The molecule has 106 valence electrons. The van der Waals surface area contributed by atoms with Gasteiger partial charge in [-0.1, -0.05) is 6.92 Å². The number of carbonyl (C=O) groups is 1. The minimum Gasteiger partial charge on any atom is -0.399 e. The molecule has 3 N–H and O–H groups in total. The van der Waals surface area contributed by atoms with Crippen molar-refractivity contribution in [2.45, 2.75) is 6.92 Å². The zero-order valence-corrected chi connectivity index (χ0v) is 12.9. The zero-order valence-electron chi connectivity index (χ0n) is 12.1. The van der Waals surface area contributed by atoms with Crippen molar-refractivity contribution in [2.24, 2.45) is 5.92 Å². The Balaban J connectivity index is 2.85. The van der Waals surface area contributed by atoms with E-state index in [2.05, 4.69) is 18.5 Å². The van der Waals surface area contributed by atoms with Gasteiger partial charge in [0.1, 0.15) is 0 Å². The molecule has 1 unspecified atom stereocenters. The molecule has 1 amide bonds. The van der Waals surface area contributed by atoms with Crippen LogP contribution in [0.1, 0.15) is 17.3 Å². The molecule has 0 saturated carbocycles. The fourth-order valence-corrected chi connectivity index (χ4v) is 2.45. The molecule has 0 aliphatic carbocycles. The maximum atomic E-state index is 12.1. The molecule has 0 heterocycles. The highest BCUT2D eigenvalue weighted by atomic mass is 32.2. The van der Waals surface area contributed by atoms with Gasteiger partial charge in [0.15, 0.2) is 0 Å². The third-order valence-corrected chi connectivity index (χ3v) is 3.67. The van der Waals surface area contributed by atoms with E-state index in [9.17, 15) is 4.79 Å². The van der Waals surface area contributed by atoms with E-state index in [1.54, 1.807) is 31.1 Å². The molecule has 1 rings (SSSR count). The first kappa shape index (κ1) is 15.7. The Kier molecular flexibility index (Phi) is 6.02. The second-order valence-electron chi connectivity index (χ2n) is 4.95. The van der Waals surface area contributed by atoms with E-state index in [1.807, 2.05) is 17.8 Å². The maximum absolute atomic E-state index is 12.1. The number of anilines is 2. The van der Waals surface area contributed by atoms with Gasteiger partial charge in [-0.05, 0) is 36.1 Å². The van der Waals surface area contributed by atoms with E-state index in [0.29, 0.717) is 17.2 Å². The Hall–Kier alpha value is -1.36. The van der Waals surface area contributed by atoms with Gasteiger partial charge in [0.05, 0.1) is 5.56 Å². The monoisotopic (exact) mass is 281 g/mol. The molecule has 0 aliphatic heterocycles. The van der Waals surface area contributed by atoms with Gasteiger partial charge in [0.2, 0.25) is 0 Å². The van der Waals surface area contributed by atoms with Crippen LogP contribution in [-0.4, -0.2) is 43.5 Å². The van der Waals surface area contributed by atoms with Crippen molar-refractivity contribution in [3.05, 3.63) is 23.8 Å². The summed E-state index contributed by atoms with van der Waals surface area (Å²) in [5, 5.41) is 3.33. The number of nitrogen functional groups attached to an aromatic ring is 1. The number of nitrogens with one attached hydrogen (secondary N) is 1. The average Bonchev–Trinajstić information content (AvgIpc) is 2.36. The van der Waals surface area contributed by atoms with Crippen LogP contribution in [0.25, 0.3) is 0 Å². The normalized spacial score (nSPS) is 12.0. The van der Waals surface area contributed by atoms with E-state index >= 15 is 0 Å². The van der Waals surface area contributed by atoms with E-state index < -0.39 is 0 Å². The third-order valence-electron chi connectivity index (χ3n) is 2.77. The van der Waals surface area contributed by atoms with E-state index in [1.165, 1.54) is 0 Å². The Labute approximate surface area is 119 Å². The van der Waals surface area contributed by atoms with Crippen LogP contribution in [0.4, 0.5) is 11.4 Å². The Morgan fingerprint density at radius 3 is 2.74 bits per heavy atom. The highest BCUT2D eigenvalue weighted by molar-refractivity contribution is 7.98. The summed E-state index contributed by atoms with van der Waals surface area (Å²) in [7, 11) is 3.50. The SMILES string of the molecule is CSCC(C)CNc1cc(N)ccc1C(=O)N(C)C. The molecule has 1 atom stereocenters. The highest BCUT2D eigenvalue weighted by Crippen LogP contribution is 2.21. The van der Waals surface area contributed by atoms with Crippen LogP contribution in [-0.2, 0) is 0 Å². The molecule has 0 aromatic heterocycles. The molecular formula is C14H23N3OS. The Morgan fingerprint density at radius 1 is 1.47 bits per heavy atom. The van der Waals surface area contributed by atoms with Gasteiger partial charge in [-0.25, -0.2) is 0 Å². The Morgan fingerprint density at radius 2 is 2.16 bits per heavy atom. The third kappa shape index (κ3) is 4.67. The number of hydrogen-bond donors (Lipinski definition) is 2. The standard InChI is InChI=1S/C14H23N3OS/c1-10(9-19-4)8-16-13-7-11(15)5-6-12(13)14(18)17(2)3/h5-7,10,16H,8-9,15H2,1-4H3. The number of nitrogens with two attached hydrogens (primary N) is 1. The molecule has 5 heteroatoms. The van der Waals surface area contributed by atoms with Crippen molar-refractivity contribution < 1.29 is 4.79 Å². The molecule has 0 spiro atoms. The van der Waals surface area contributed by atoms with Gasteiger partial charge >= 0.3 is 0 Å². The van der Waals surface area contributed by atoms with Crippen LogP contribution >= 0.6 is 11.8 Å². The van der Waals surface area contributed by atoms with Gasteiger partial charge in [0, 0.05) is 32.0 Å². The summed E-state index contributed by atoms with van der Waals surface area (Å²) < 4.78 is 0. The fraction of sp³-hybridized carbons (Fsp3) is 0.500. The number of benzene rings is 1. The zero-order chi connectivity index (χ0) is 14.4. The first-order chi connectivity index (χ1) is 8.95. The maximum Gasteiger partial charge on any atom is 0.255 e. The van der Waals surface area contributed by atoms with Crippen molar-refractivity contribution in [3.63, 3.8) is 0 Å². The van der Waals surface area contributed by atoms with Crippen LogP contribution in [0, 0.1) is 5.92 Å². The van der Waals surface area contributed by atoms with Crippen LogP contribution in [0.2, 0.25) is 0 Å². The average molecular weight is 281 g/mol. The van der Waals surface area contributed by atoms with Crippen LogP contribution in [0.3, 0.4) is 0 Å². The highest BCUT2D eigenvalue weighted by Gasteiger charge is 2.14. The van der Waals surface area contributed by atoms with Crippen molar-refractivity contribution >= 4 is 29.0 Å². The molecule has 4 nitrogen and oxygen atoms in total. The Bertz CT molecular complexity index is 435. The van der Waals surface area contributed by atoms with Crippen LogP contribution < -0.4 is 11.1 Å². The van der Waals surface area contributed by atoms with Crippen molar-refractivity contribution in [1.29, 1.82) is 0 Å². The molecule has 0 radical (unpaired) electrons. The molecular weight excluding hydrogens is 258 g/mol. The van der Waals surface area contributed by atoms with Crippen LogP contribution in [0.5, 0.6) is 0 Å². The lowest BCUT2D eigenvalue weighted by molar-refractivity contribution is 0.0828. The molecule has 0 fully saturated rings. The summed E-state index contributed by atoms with van der Waals surface area (Å²) in [4.78, 5) is 13.7. The van der Waals surface area contributed by atoms with E-state index in [0.717, 1.165) is 18.0 Å². The summed E-state index contributed by atoms with van der Waals surface area (Å²) in [5.41, 5.74) is 7.94. The lowest BCUT2D eigenvalue weighted by Gasteiger charge is -2.18. The topological polar surface area (TPSA) is 58.4 Å². The lowest BCUT2D eigenvalue weighted by atomic mass is 10.1. The molecule has 0 aliphatic rings. The molecule has 1 aromatic carbocycles. The minimum atomic E-state index is -0.0139. The summed E-state index contributed by atoms with van der Waals surface area (Å²) in [5.74, 6) is 1.62. The second-order valence-corrected chi connectivity index (χ2v) is 5.86.